The Kier molecular flexibility index (Phi) is 8.11. The minimum atomic E-state index is -0.119. The molecule has 1 aromatic carbocycles. The Hall–Kier alpha value is -1.59. The molecule has 0 aromatic heterocycles. The fourth-order valence-electron chi connectivity index (χ4n) is 4.36. The molecular formula is C21H32ClN3O2. The van der Waals surface area contributed by atoms with Crippen molar-refractivity contribution in [1.82, 2.24) is 15.1 Å². The number of carbonyl (C=O) groups excluding carboxylic acids is 2. The molecule has 2 amide bonds. The van der Waals surface area contributed by atoms with Gasteiger partial charge in [0.15, 0.2) is 0 Å². The number of carbonyl (C=O) groups is 2. The van der Waals surface area contributed by atoms with E-state index in [-0.39, 0.29) is 30.3 Å². The average molecular weight is 394 g/mol. The second-order valence-electron chi connectivity index (χ2n) is 7.60. The molecule has 1 aromatic rings. The van der Waals surface area contributed by atoms with E-state index in [0.717, 1.165) is 50.4 Å². The third-order valence-corrected chi connectivity index (χ3v) is 5.95. The van der Waals surface area contributed by atoms with E-state index in [1.54, 1.807) is 6.92 Å². The van der Waals surface area contributed by atoms with Crippen molar-refractivity contribution in [3.8, 4) is 0 Å². The highest BCUT2D eigenvalue weighted by Gasteiger charge is 2.32. The molecule has 5 nitrogen and oxygen atoms in total. The SMILES string of the molecule is CNCCC1CCN(C(=O)CC2c3ccccc3CCN2C(C)=O)CC1.Cl. The van der Waals surface area contributed by atoms with Crippen LogP contribution in [0.4, 0.5) is 0 Å². The van der Waals surface area contributed by atoms with Crippen LogP contribution in [0.1, 0.15) is 49.8 Å². The van der Waals surface area contributed by atoms with Gasteiger partial charge in [0, 0.05) is 26.6 Å². The summed E-state index contributed by atoms with van der Waals surface area (Å²) in [6.07, 6.45) is 4.64. The summed E-state index contributed by atoms with van der Waals surface area (Å²) >= 11 is 0. The average Bonchev–Trinajstić information content (AvgIpc) is 2.66. The summed E-state index contributed by atoms with van der Waals surface area (Å²) in [5, 5.41) is 3.21. The van der Waals surface area contributed by atoms with E-state index in [1.807, 2.05) is 29.0 Å². The number of piperidine rings is 1. The van der Waals surface area contributed by atoms with Crippen LogP contribution in [-0.4, -0.2) is 54.8 Å². The summed E-state index contributed by atoms with van der Waals surface area (Å²) < 4.78 is 0. The molecule has 1 fully saturated rings. The predicted molar refractivity (Wildman–Crippen MR) is 110 cm³/mol. The number of nitrogens with one attached hydrogen (secondary N) is 1. The Bertz CT molecular complexity index is 644. The molecule has 0 aliphatic carbocycles. The summed E-state index contributed by atoms with van der Waals surface area (Å²) in [5.74, 6) is 0.962. The minimum absolute atomic E-state index is 0. The maximum atomic E-state index is 12.9. The van der Waals surface area contributed by atoms with Crippen molar-refractivity contribution >= 4 is 24.2 Å². The van der Waals surface area contributed by atoms with Gasteiger partial charge in [0.1, 0.15) is 0 Å². The van der Waals surface area contributed by atoms with Crippen molar-refractivity contribution in [1.29, 1.82) is 0 Å². The standard InChI is InChI=1S/C21H31N3O2.ClH/c1-16(25)24-14-10-18-5-3-4-6-19(18)20(24)15-21(26)23-12-8-17(9-13-23)7-11-22-2;/h3-6,17,20,22H,7-15H2,1-2H3;1H. The molecule has 1 unspecified atom stereocenters. The molecular weight excluding hydrogens is 362 g/mol. The van der Waals surface area contributed by atoms with Gasteiger partial charge in [0.25, 0.3) is 0 Å². The first-order valence-electron chi connectivity index (χ1n) is 9.87. The predicted octanol–water partition coefficient (Wildman–Crippen LogP) is 2.79. The lowest BCUT2D eigenvalue weighted by molar-refractivity contribution is -0.137. The molecule has 0 bridgehead atoms. The smallest absolute Gasteiger partial charge is 0.224 e. The zero-order valence-electron chi connectivity index (χ0n) is 16.4. The van der Waals surface area contributed by atoms with Crippen LogP contribution in [-0.2, 0) is 16.0 Å². The highest BCUT2D eigenvalue weighted by Crippen LogP contribution is 2.33. The summed E-state index contributed by atoms with van der Waals surface area (Å²) in [5.41, 5.74) is 2.42. The van der Waals surface area contributed by atoms with Crippen molar-refractivity contribution < 1.29 is 9.59 Å². The minimum Gasteiger partial charge on any atom is -0.343 e. The van der Waals surface area contributed by atoms with E-state index >= 15 is 0 Å². The van der Waals surface area contributed by atoms with Gasteiger partial charge < -0.3 is 15.1 Å². The second kappa shape index (κ2) is 10.1. The lowest BCUT2D eigenvalue weighted by atomic mass is 9.89. The first-order valence-corrected chi connectivity index (χ1v) is 9.87. The zero-order valence-corrected chi connectivity index (χ0v) is 17.3. The zero-order chi connectivity index (χ0) is 18.5. The van der Waals surface area contributed by atoms with E-state index in [1.165, 1.54) is 12.0 Å². The van der Waals surface area contributed by atoms with Gasteiger partial charge in [-0.05, 0) is 56.3 Å². The number of rotatable bonds is 5. The lowest BCUT2D eigenvalue weighted by Crippen LogP contribution is -2.44. The number of benzene rings is 1. The molecule has 0 radical (unpaired) electrons. The molecule has 1 saturated heterocycles. The molecule has 1 N–H and O–H groups in total. The molecule has 0 spiro atoms. The van der Waals surface area contributed by atoms with E-state index in [0.29, 0.717) is 13.0 Å². The fourth-order valence-corrected chi connectivity index (χ4v) is 4.36. The van der Waals surface area contributed by atoms with Gasteiger partial charge in [-0.15, -0.1) is 12.4 Å². The van der Waals surface area contributed by atoms with Crippen LogP contribution in [0.25, 0.3) is 0 Å². The fraction of sp³-hybridized carbons (Fsp3) is 0.619. The maximum Gasteiger partial charge on any atom is 0.224 e. The van der Waals surface area contributed by atoms with E-state index in [9.17, 15) is 9.59 Å². The number of halogens is 1. The van der Waals surface area contributed by atoms with Crippen molar-refractivity contribution in [3.63, 3.8) is 0 Å². The number of nitrogens with zero attached hydrogens (tertiary/aromatic N) is 2. The van der Waals surface area contributed by atoms with Gasteiger partial charge in [0.2, 0.25) is 11.8 Å². The van der Waals surface area contributed by atoms with Gasteiger partial charge in [0.05, 0.1) is 12.5 Å². The number of fused-ring (bicyclic) bond motifs is 1. The van der Waals surface area contributed by atoms with Crippen molar-refractivity contribution in [2.75, 3.05) is 33.2 Å². The van der Waals surface area contributed by atoms with Crippen LogP contribution in [0.5, 0.6) is 0 Å². The number of amides is 2. The van der Waals surface area contributed by atoms with Gasteiger partial charge in [-0.2, -0.15) is 0 Å². The molecule has 3 rings (SSSR count). The Morgan fingerprint density at radius 1 is 1.15 bits per heavy atom. The largest absolute Gasteiger partial charge is 0.343 e. The summed E-state index contributed by atoms with van der Waals surface area (Å²) in [6.45, 7) is 5.06. The molecule has 2 aliphatic rings. The van der Waals surface area contributed by atoms with E-state index < -0.39 is 0 Å². The van der Waals surface area contributed by atoms with Crippen LogP contribution in [0.2, 0.25) is 0 Å². The normalized spacial score (nSPS) is 20.0. The molecule has 1 atom stereocenters. The molecule has 27 heavy (non-hydrogen) atoms. The Labute approximate surface area is 168 Å². The molecule has 6 heteroatoms. The number of likely N-dealkylation sites (tertiary alicyclic amines) is 1. The summed E-state index contributed by atoms with van der Waals surface area (Å²) in [6, 6.07) is 8.13. The first-order chi connectivity index (χ1) is 12.6. The van der Waals surface area contributed by atoms with Gasteiger partial charge in [-0.3, -0.25) is 9.59 Å². The monoisotopic (exact) mass is 393 g/mol. The number of hydrogen-bond donors (Lipinski definition) is 1. The molecule has 150 valence electrons. The highest BCUT2D eigenvalue weighted by atomic mass is 35.5. The van der Waals surface area contributed by atoms with Crippen LogP contribution in [0, 0.1) is 5.92 Å². The summed E-state index contributed by atoms with van der Waals surface area (Å²) in [7, 11) is 1.99. The molecule has 0 saturated carbocycles. The summed E-state index contributed by atoms with van der Waals surface area (Å²) in [4.78, 5) is 28.9. The maximum absolute atomic E-state index is 12.9. The third-order valence-electron chi connectivity index (χ3n) is 5.95. The van der Waals surface area contributed by atoms with Crippen molar-refractivity contribution in [3.05, 3.63) is 35.4 Å². The molecule has 2 aliphatic heterocycles. The van der Waals surface area contributed by atoms with Crippen LogP contribution < -0.4 is 5.32 Å². The van der Waals surface area contributed by atoms with Gasteiger partial charge in [-0.25, -0.2) is 0 Å². The third kappa shape index (κ3) is 5.23. The van der Waals surface area contributed by atoms with E-state index in [4.69, 9.17) is 0 Å². The Morgan fingerprint density at radius 3 is 2.52 bits per heavy atom. The topological polar surface area (TPSA) is 52.7 Å². The van der Waals surface area contributed by atoms with E-state index in [2.05, 4.69) is 17.4 Å². The quantitative estimate of drug-likeness (QED) is 0.836. The van der Waals surface area contributed by atoms with Crippen LogP contribution >= 0.6 is 12.4 Å². The van der Waals surface area contributed by atoms with Crippen molar-refractivity contribution in [2.45, 2.75) is 45.1 Å². The lowest BCUT2D eigenvalue weighted by Gasteiger charge is -2.38. The first kappa shape index (κ1) is 21.7. The van der Waals surface area contributed by atoms with Gasteiger partial charge >= 0.3 is 0 Å². The number of hydrogen-bond acceptors (Lipinski definition) is 3. The Morgan fingerprint density at radius 2 is 1.85 bits per heavy atom. The highest BCUT2D eigenvalue weighted by molar-refractivity contribution is 5.85. The van der Waals surface area contributed by atoms with Crippen LogP contribution in [0.3, 0.4) is 0 Å². The van der Waals surface area contributed by atoms with Crippen molar-refractivity contribution in [2.24, 2.45) is 5.92 Å². The van der Waals surface area contributed by atoms with Gasteiger partial charge in [-0.1, -0.05) is 24.3 Å². The second-order valence-corrected chi connectivity index (χ2v) is 7.60. The van der Waals surface area contributed by atoms with Crippen LogP contribution in [0.15, 0.2) is 24.3 Å². The Balaban J connectivity index is 0.00000261. The molecule has 2 heterocycles.